The van der Waals surface area contributed by atoms with Crippen LogP contribution < -0.4 is 14.4 Å². The number of nitrogens with one attached hydrogen (secondary N) is 1. The maximum atomic E-state index is 12.7. The fourth-order valence-corrected chi connectivity index (χ4v) is 3.37. The van der Waals surface area contributed by atoms with Gasteiger partial charge in [0.15, 0.2) is 18.2 Å². The number of quaternary nitrogens is 1. The Morgan fingerprint density at radius 2 is 1.60 bits per heavy atom. The largest absolute Gasteiger partial charge is 0.493 e. The normalized spacial score (nSPS) is 15.0. The van der Waals surface area contributed by atoms with E-state index in [4.69, 9.17) is 9.47 Å². The summed E-state index contributed by atoms with van der Waals surface area (Å²) in [5, 5.41) is 0. The molecule has 1 heterocycles. The highest BCUT2D eigenvalue weighted by Crippen LogP contribution is 2.27. The van der Waals surface area contributed by atoms with Crippen molar-refractivity contribution in [2.45, 2.75) is 20.0 Å². The molecule has 3 rings (SSSR count). The molecule has 1 aliphatic heterocycles. The van der Waals surface area contributed by atoms with Crippen LogP contribution in [0.25, 0.3) is 0 Å². The number of hydrogen-bond acceptors (Lipinski definition) is 5. The van der Waals surface area contributed by atoms with E-state index < -0.39 is 17.8 Å². The quantitative estimate of drug-likeness (QED) is 0.492. The second-order valence-corrected chi connectivity index (χ2v) is 7.10. The molecular formula is C22H26N3O5+. The standard InChI is InChI=1S/C22H25N3O5/c1-4-30-18-11-10-17(12-19(18)29-3)13-23(2)15-25-21(27)20(26)24(22(25)28)14-16-8-6-5-7-9-16/h5-12H,4,13-15H2,1-3H3/p+1. The van der Waals surface area contributed by atoms with E-state index in [0.717, 1.165) is 25.8 Å². The molecule has 0 aromatic heterocycles. The predicted octanol–water partition coefficient (Wildman–Crippen LogP) is 1.06. The second-order valence-electron chi connectivity index (χ2n) is 7.10. The Balaban J connectivity index is 1.66. The Morgan fingerprint density at radius 3 is 2.27 bits per heavy atom. The van der Waals surface area contributed by atoms with E-state index in [-0.39, 0.29) is 13.2 Å². The van der Waals surface area contributed by atoms with Crippen LogP contribution in [-0.2, 0) is 22.7 Å². The molecule has 1 atom stereocenters. The van der Waals surface area contributed by atoms with Crippen LogP contribution in [0.3, 0.4) is 0 Å². The van der Waals surface area contributed by atoms with Gasteiger partial charge in [-0.1, -0.05) is 30.3 Å². The lowest BCUT2D eigenvalue weighted by Crippen LogP contribution is -3.09. The molecule has 8 nitrogen and oxygen atoms in total. The zero-order valence-electron chi connectivity index (χ0n) is 17.4. The monoisotopic (exact) mass is 412 g/mol. The summed E-state index contributed by atoms with van der Waals surface area (Å²) in [6.07, 6.45) is 0. The molecule has 1 aliphatic rings. The molecule has 2 aromatic carbocycles. The minimum atomic E-state index is -0.792. The summed E-state index contributed by atoms with van der Waals surface area (Å²) in [5.41, 5.74) is 1.75. The first kappa shape index (κ1) is 21.3. The van der Waals surface area contributed by atoms with Gasteiger partial charge in [0.05, 0.1) is 27.3 Å². The third-order valence-electron chi connectivity index (χ3n) is 4.78. The summed E-state index contributed by atoms with van der Waals surface area (Å²) < 4.78 is 10.9. The van der Waals surface area contributed by atoms with Crippen molar-refractivity contribution in [3.05, 3.63) is 59.7 Å². The zero-order chi connectivity index (χ0) is 21.7. The van der Waals surface area contributed by atoms with Gasteiger partial charge >= 0.3 is 17.8 Å². The fourth-order valence-electron chi connectivity index (χ4n) is 3.37. The van der Waals surface area contributed by atoms with Crippen molar-refractivity contribution < 1.29 is 28.8 Å². The van der Waals surface area contributed by atoms with Gasteiger partial charge < -0.3 is 14.4 Å². The second kappa shape index (κ2) is 9.41. The van der Waals surface area contributed by atoms with E-state index in [1.807, 2.05) is 62.5 Å². The van der Waals surface area contributed by atoms with E-state index in [1.54, 1.807) is 7.11 Å². The maximum absolute atomic E-state index is 12.7. The lowest BCUT2D eigenvalue weighted by Gasteiger charge is -2.20. The average molecular weight is 412 g/mol. The third-order valence-corrected chi connectivity index (χ3v) is 4.78. The molecule has 4 amide bonds. The summed E-state index contributed by atoms with van der Waals surface area (Å²) in [5.74, 6) is -0.299. The first-order valence-corrected chi connectivity index (χ1v) is 9.76. The minimum Gasteiger partial charge on any atom is -0.493 e. The molecule has 2 aromatic rings. The van der Waals surface area contributed by atoms with Crippen molar-refractivity contribution in [2.24, 2.45) is 0 Å². The lowest BCUT2D eigenvalue weighted by atomic mass is 10.2. The van der Waals surface area contributed by atoms with E-state index in [0.29, 0.717) is 24.7 Å². The van der Waals surface area contributed by atoms with Gasteiger partial charge in [0.2, 0.25) is 0 Å². The number of carbonyl (C=O) groups is 3. The highest BCUT2D eigenvalue weighted by Gasteiger charge is 2.45. The fraction of sp³-hybridized carbons (Fsp3) is 0.318. The molecule has 0 saturated carbocycles. The van der Waals surface area contributed by atoms with Crippen LogP contribution >= 0.6 is 0 Å². The van der Waals surface area contributed by atoms with Crippen molar-refractivity contribution in [3.63, 3.8) is 0 Å². The lowest BCUT2D eigenvalue weighted by molar-refractivity contribution is -0.901. The Bertz CT molecular complexity index is 932. The van der Waals surface area contributed by atoms with Gasteiger partial charge in [-0.05, 0) is 30.7 Å². The van der Waals surface area contributed by atoms with Gasteiger partial charge in [0.25, 0.3) is 0 Å². The minimum absolute atomic E-state index is 0.0792. The number of imide groups is 2. The van der Waals surface area contributed by atoms with Crippen molar-refractivity contribution in [1.82, 2.24) is 9.80 Å². The molecule has 158 valence electrons. The number of nitrogens with zero attached hydrogens (tertiary/aromatic N) is 2. The average Bonchev–Trinajstić information content (AvgIpc) is 2.94. The molecule has 30 heavy (non-hydrogen) atoms. The topological polar surface area (TPSA) is 80.6 Å². The molecule has 0 bridgehead atoms. The summed E-state index contributed by atoms with van der Waals surface area (Å²) in [6.45, 7) is 3.14. The number of rotatable bonds is 9. The van der Waals surface area contributed by atoms with Gasteiger partial charge in [0, 0.05) is 5.56 Å². The van der Waals surface area contributed by atoms with Gasteiger partial charge in [-0.25, -0.2) is 9.69 Å². The van der Waals surface area contributed by atoms with Crippen LogP contribution in [0, 0.1) is 0 Å². The number of ether oxygens (including phenoxy) is 2. The SMILES string of the molecule is CCOc1ccc(C[NH+](C)CN2C(=O)C(=O)N(Cc3ccccc3)C2=O)cc1OC. The number of carbonyl (C=O) groups excluding carboxylic acids is 3. The summed E-state index contributed by atoms with van der Waals surface area (Å²) in [7, 11) is 3.43. The van der Waals surface area contributed by atoms with E-state index in [2.05, 4.69) is 0 Å². The van der Waals surface area contributed by atoms with Gasteiger partial charge in [-0.15, -0.1) is 0 Å². The zero-order valence-corrected chi connectivity index (χ0v) is 17.4. The van der Waals surface area contributed by atoms with Crippen molar-refractivity contribution in [3.8, 4) is 11.5 Å². The predicted molar refractivity (Wildman–Crippen MR) is 109 cm³/mol. The molecule has 1 unspecified atom stereocenters. The Labute approximate surface area is 175 Å². The van der Waals surface area contributed by atoms with Crippen molar-refractivity contribution >= 4 is 17.8 Å². The molecule has 8 heteroatoms. The molecule has 1 N–H and O–H groups in total. The van der Waals surface area contributed by atoms with Crippen molar-refractivity contribution in [2.75, 3.05) is 27.4 Å². The first-order chi connectivity index (χ1) is 14.4. The smallest absolute Gasteiger partial charge is 0.339 e. The molecule has 0 radical (unpaired) electrons. The number of amides is 4. The molecule has 0 spiro atoms. The Hall–Kier alpha value is -3.39. The maximum Gasteiger partial charge on any atom is 0.339 e. The van der Waals surface area contributed by atoms with E-state index in [9.17, 15) is 14.4 Å². The Kier molecular flexibility index (Phi) is 6.68. The number of urea groups is 1. The number of benzene rings is 2. The Morgan fingerprint density at radius 1 is 0.900 bits per heavy atom. The van der Waals surface area contributed by atoms with Crippen LogP contribution in [0.5, 0.6) is 11.5 Å². The van der Waals surface area contributed by atoms with Crippen LogP contribution in [-0.4, -0.2) is 55.1 Å². The van der Waals surface area contributed by atoms with Crippen molar-refractivity contribution in [1.29, 1.82) is 0 Å². The summed E-state index contributed by atoms with van der Waals surface area (Å²) in [6, 6.07) is 14.1. The van der Waals surface area contributed by atoms with Crippen LogP contribution in [0.4, 0.5) is 4.79 Å². The summed E-state index contributed by atoms with van der Waals surface area (Å²) in [4.78, 5) is 40.3. The van der Waals surface area contributed by atoms with E-state index in [1.165, 1.54) is 0 Å². The van der Waals surface area contributed by atoms with E-state index >= 15 is 0 Å². The number of hydrogen-bond donors (Lipinski definition) is 1. The van der Waals surface area contributed by atoms with Crippen LogP contribution in [0.2, 0.25) is 0 Å². The van der Waals surface area contributed by atoms with Crippen LogP contribution in [0.15, 0.2) is 48.5 Å². The number of methoxy groups -OCH3 is 1. The molecule has 1 saturated heterocycles. The highest BCUT2D eigenvalue weighted by atomic mass is 16.5. The summed E-state index contributed by atoms with van der Waals surface area (Å²) >= 11 is 0. The highest BCUT2D eigenvalue weighted by molar-refractivity contribution is 6.44. The van der Waals surface area contributed by atoms with Gasteiger partial charge in [0.1, 0.15) is 6.54 Å². The molecule has 0 aliphatic carbocycles. The van der Waals surface area contributed by atoms with Crippen LogP contribution in [0.1, 0.15) is 18.1 Å². The molecular weight excluding hydrogens is 386 g/mol. The van der Waals surface area contributed by atoms with Gasteiger partial charge in [-0.3, -0.25) is 14.5 Å². The first-order valence-electron chi connectivity index (χ1n) is 9.76. The third kappa shape index (κ3) is 4.60. The van der Waals surface area contributed by atoms with Gasteiger partial charge in [-0.2, -0.15) is 0 Å². The molecule has 1 fully saturated rings.